The van der Waals surface area contributed by atoms with Crippen molar-refractivity contribution in [2.45, 2.75) is 38.3 Å². The third-order valence-corrected chi connectivity index (χ3v) is 3.87. The number of guanidine groups is 1. The minimum absolute atomic E-state index is 0. The van der Waals surface area contributed by atoms with Gasteiger partial charge in [-0.1, -0.05) is 28.8 Å². The van der Waals surface area contributed by atoms with Gasteiger partial charge in [0.2, 0.25) is 0 Å². The highest BCUT2D eigenvalue weighted by atomic mass is 127. The fourth-order valence-corrected chi connectivity index (χ4v) is 2.72. The summed E-state index contributed by atoms with van der Waals surface area (Å²) in [6.45, 7) is 0.428. The third kappa shape index (κ3) is 5.20. The summed E-state index contributed by atoms with van der Waals surface area (Å²) in [5.41, 5.74) is 0.628. The van der Waals surface area contributed by atoms with Crippen molar-refractivity contribution in [2.24, 2.45) is 4.99 Å². The van der Waals surface area contributed by atoms with E-state index in [1.54, 1.807) is 19.2 Å². The molecule has 1 aliphatic rings. The number of hydrogen-bond acceptors (Lipinski definition) is 1. The van der Waals surface area contributed by atoms with Crippen LogP contribution >= 0.6 is 39.9 Å². The molecule has 0 atom stereocenters. The Balaban J connectivity index is 0.00000200. The topological polar surface area (TPSA) is 36.4 Å². The number of hydrogen-bond donors (Lipinski definition) is 2. The molecule has 0 aromatic heterocycles. The Bertz CT molecular complexity index is 462. The van der Waals surface area contributed by atoms with Crippen LogP contribution < -0.4 is 10.6 Å². The summed E-state index contributed by atoms with van der Waals surface area (Å²) in [6.07, 6.45) is 4.92. The number of halogens is 3. The van der Waals surface area contributed by atoms with E-state index in [2.05, 4.69) is 31.6 Å². The van der Waals surface area contributed by atoms with Gasteiger partial charge in [0.25, 0.3) is 0 Å². The quantitative estimate of drug-likeness (QED) is 0.413. The van der Waals surface area contributed by atoms with E-state index in [1.165, 1.54) is 31.7 Å². The highest BCUT2D eigenvalue weighted by Crippen LogP contribution is 2.18. The van der Waals surface area contributed by atoms with Crippen molar-refractivity contribution in [1.82, 2.24) is 10.6 Å². The smallest absolute Gasteiger partial charge is 0.191 e. The number of benzene rings is 1. The molecule has 0 aliphatic heterocycles. The summed E-state index contributed by atoms with van der Waals surface area (Å²) in [7, 11) is 1.74. The highest BCUT2D eigenvalue weighted by Gasteiger charge is 2.15. The molecular weight excluding hydrogens is 436 g/mol. The minimum Gasteiger partial charge on any atom is -0.354 e. The maximum Gasteiger partial charge on any atom is 0.191 e. The second-order valence-corrected chi connectivity index (χ2v) is 5.70. The first-order valence-corrected chi connectivity index (χ1v) is 7.39. The molecule has 20 heavy (non-hydrogen) atoms. The van der Waals surface area contributed by atoms with Crippen LogP contribution in [0, 0.1) is 5.82 Å². The first-order chi connectivity index (χ1) is 9.19. The summed E-state index contributed by atoms with van der Waals surface area (Å²) in [6, 6.07) is 5.45. The fourth-order valence-electron chi connectivity index (χ4n) is 2.32. The van der Waals surface area contributed by atoms with E-state index in [4.69, 9.17) is 0 Å². The number of aliphatic imine (C=N–C) groups is 1. The maximum atomic E-state index is 13.6. The first-order valence-electron chi connectivity index (χ1n) is 6.60. The van der Waals surface area contributed by atoms with Crippen LogP contribution in [0.2, 0.25) is 0 Å². The maximum absolute atomic E-state index is 13.6. The largest absolute Gasteiger partial charge is 0.354 e. The Labute approximate surface area is 145 Å². The molecule has 1 aliphatic carbocycles. The lowest BCUT2D eigenvalue weighted by Gasteiger charge is -2.17. The minimum atomic E-state index is -0.202. The zero-order chi connectivity index (χ0) is 13.7. The van der Waals surface area contributed by atoms with Crippen molar-refractivity contribution < 1.29 is 4.39 Å². The Morgan fingerprint density at radius 3 is 2.75 bits per heavy atom. The van der Waals surface area contributed by atoms with Crippen LogP contribution in [-0.2, 0) is 6.54 Å². The molecule has 1 aromatic rings. The van der Waals surface area contributed by atoms with Crippen molar-refractivity contribution in [3.8, 4) is 0 Å². The zero-order valence-electron chi connectivity index (χ0n) is 11.5. The molecule has 0 radical (unpaired) electrons. The lowest BCUT2D eigenvalue weighted by atomic mass is 10.2. The van der Waals surface area contributed by atoms with E-state index in [9.17, 15) is 4.39 Å². The Morgan fingerprint density at radius 1 is 1.40 bits per heavy atom. The average molecular weight is 456 g/mol. The molecule has 0 saturated heterocycles. The van der Waals surface area contributed by atoms with Gasteiger partial charge < -0.3 is 10.6 Å². The summed E-state index contributed by atoms with van der Waals surface area (Å²) in [5, 5.41) is 6.53. The molecule has 0 amide bonds. The average Bonchev–Trinajstić information content (AvgIpc) is 2.91. The second kappa shape index (κ2) is 8.81. The van der Waals surface area contributed by atoms with Gasteiger partial charge in [0.1, 0.15) is 5.82 Å². The lowest BCUT2D eigenvalue weighted by molar-refractivity contribution is 0.594. The molecule has 112 valence electrons. The van der Waals surface area contributed by atoms with Gasteiger partial charge in [-0.25, -0.2) is 4.39 Å². The molecule has 2 N–H and O–H groups in total. The van der Waals surface area contributed by atoms with Crippen LogP contribution in [0.15, 0.2) is 27.7 Å². The van der Waals surface area contributed by atoms with Gasteiger partial charge in [0.05, 0.1) is 0 Å². The number of nitrogens with one attached hydrogen (secondary N) is 2. The Morgan fingerprint density at radius 2 is 2.10 bits per heavy atom. The van der Waals surface area contributed by atoms with E-state index in [-0.39, 0.29) is 29.8 Å². The van der Waals surface area contributed by atoms with Crippen LogP contribution in [0.5, 0.6) is 0 Å². The molecule has 0 bridgehead atoms. The summed E-state index contributed by atoms with van der Waals surface area (Å²) in [5.74, 6) is 0.540. The normalized spacial score (nSPS) is 15.8. The Kier molecular flexibility index (Phi) is 7.79. The molecule has 1 saturated carbocycles. The molecular formula is C14H20BrFIN3. The van der Waals surface area contributed by atoms with Gasteiger partial charge in [-0.15, -0.1) is 24.0 Å². The fraction of sp³-hybridized carbons (Fsp3) is 0.500. The van der Waals surface area contributed by atoms with Gasteiger partial charge in [0, 0.05) is 29.7 Å². The summed E-state index contributed by atoms with van der Waals surface area (Å²) < 4.78 is 14.5. The van der Waals surface area contributed by atoms with E-state index in [1.807, 2.05) is 0 Å². The van der Waals surface area contributed by atoms with Crippen molar-refractivity contribution >= 4 is 45.9 Å². The van der Waals surface area contributed by atoms with Gasteiger partial charge in [0.15, 0.2) is 5.96 Å². The standard InChI is InChI=1S/C14H19BrFN3.HI/c1-17-14(19-12-4-2-3-5-12)18-9-10-8-11(15)6-7-13(10)16;/h6-8,12H,2-5,9H2,1H3,(H2,17,18,19);1H. The van der Waals surface area contributed by atoms with E-state index < -0.39 is 0 Å². The van der Waals surface area contributed by atoms with Crippen molar-refractivity contribution in [1.29, 1.82) is 0 Å². The molecule has 6 heteroatoms. The summed E-state index contributed by atoms with van der Waals surface area (Å²) in [4.78, 5) is 4.18. The SMILES string of the molecule is CN=C(NCc1cc(Br)ccc1F)NC1CCCC1.I. The molecule has 0 spiro atoms. The second-order valence-electron chi connectivity index (χ2n) is 4.79. The predicted octanol–water partition coefficient (Wildman–Crippen LogP) is 3.81. The van der Waals surface area contributed by atoms with Crippen LogP contribution in [0.3, 0.4) is 0 Å². The number of rotatable bonds is 3. The van der Waals surface area contributed by atoms with Gasteiger partial charge in [-0.2, -0.15) is 0 Å². The van der Waals surface area contributed by atoms with Crippen molar-refractivity contribution in [2.75, 3.05) is 7.05 Å². The summed E-state index contributed by atoms with van der Waals surface area (Å²) >= 11 is 3.35. The van der Waals surface area contributed by atoms with Crippen LogP contribution in [0.4, 0.5) is 4.39 Å². The predicted molar refractivity (Wildman–Crippen MR) is 95.1 cm³/mol. The lowest BCUT2D eigenvalue weighted by Crippen LogP contribution is -2.42. The van der Waals surface area contributed by atoms with Gasteiger partial charge in [-0.05, 0) is 31.0 Å². The highest BCUT2D eigenvalue weighted by molar-refractivity contribution is 14.0. The number of nitrogens with zero attached hydrogens (tertiary/aromatic N) is 1. The van der Waals surface area contributed by atoms with Crippen molar-refractivity contribution in [3.05, 3.63) is 34.1 Å². The molecule has 1 fully saturated rings. The van der Waals surface area contributed by atoms with E-state index >= 15 is 0 Å². The Hall–Kier alpha value is -0.370. The molecule has 3 nitrogen and oxygen atoms in total. The zero-order valence-corrected chi connectivity index (χ0v) is 15.4. The van der Waals surface area contributed by atoms with Crippen LogP contribution in [-0.4, -0.2) is 19.0 Å². The van der Waals surface area contributed by atoms with Crippen LogP contribution in [0.25, 0.3) is 0 Å². The third-order valence-electron chi connectivity index (χ3n) is 3.37. The molecule has 1 aromatic carbocycles. The van der Waals surface area contributed by atoms with Gasteiger partial charge in [-0.3, -0.25) is 4.99 Å². The van der Waals surface area contributed by atoms with E-state index in [0.29, 0.717) is 18.2 Å². The van der Waals surface area contributed by atoms with E-state index in [0.717, 1.165) is 10.4 Å². The van der Waals surface area contributed by atoms with Crippen molar-refractivity contribution in [3.63, 3.8) is 0 Å². The molecule has 0 unspecified atom stereocenters. The first kappa shape index (κ1) is 17.7. The van der Waals surface area contributed by atoms with Gasteiger partial charge >= 0.3 is 0 Å². The molecule has 0 heterocycles. The molecule has 2 rings (SSSR count). The monoisotopic (exact) mass is 455 g/mol. The van der Waals surface area contributed by atoms with Crippen LogP contribution in [0.1, 0.15) is 31.2 Å².